The molecule has 1 aliphatic carbocycles. The van der Waals surface area contributed by atoms with Crippen molar-refractivity contribution >= 4 is 5.97 Å². The molecule has 0 bridgehead atoms. The standard InChI is InChI=1S/C17H16O4/c1-20-15-8-10-7-14(17(18)19)12-6-4-3-5-11(12)13(10)9-16(15)21-2/h3-6,8-9,14H,7H2,1-2H3,(H,18,19)/t14-/m1/s1. The van der Waals surface area contributed by atoms with E-state index >= 15 is 0 Å². The minimum absolute atomic E-state index is 0.460. The SMILES string of the molecule is COc1cc2c(cc1OC)-c1ccccc1[C@H](C(=O)O)C2. The molecule has 3 rings (SSSR count). The predicted octanol–water partition coefficient (Wildman–Crippen LogP) is 3.10. The molecule has 0 fully saturated rings. The van der Waals surface area contributed by atoms with E-state index in [-0.39, 0.29) is 0 Å². The average molecular weight is 284 g/mol. The van der Waals surface area contributed by atoms with Gasteiger partial charge >= 0.3 is 5.97 Å². The van der Waals surface area contributed by atoms with E-state index < -0.39 is 11.9 Å². The van der Waals surface area contributed by atoms with Gasteiger partial charge in [0.05, 0.1) is 20.1 Å². The lowest BCUT2D eigenvalue weighted by Crippen LogP contribution is -2.19. The summed E-state index contributed by atoms with van der Waals surface area (Å²) < 4.78 is 10.7. The fraction of sp³-hybridized carbons (Fsp3) is 0.235. The molecule has 0 aliphatic heterocycles. The van der Waals surface area contributed by atoms with Crippen LogP contribution in [0, 0.1) is 0 Å². The summed E-state index contributed by atoms with van der Waals surface area (Å²) in [6, 6.07) is 11.4. The van der Waals surface area contributed by atoms with Gasteiger partial charge in [0.1, 0.15) is 0 Å². The van der Waals surface area contributed by atoms with E-state index in [1.165, 1.54) is 0 Å². The van der Waals surface area contributed by atoms with Crippen molar-refractivity contribution in [1.82, 2.24) is 0 Å². The molecule has 0 saturated carbocycles. The summed E-state index contributed by atoms with van der Waals surface area (Å²) in [6.07, 6.45) is 0.460. The van der Waals surface area contributed by atoms with Crippen molar-refractivity contribution in [3.63, 3.8) is 0 Å². The molecular formula is C17H16O4. The summed E-state index contributed by atoms with van der Waals surface area (Å²) in [7, 11) is 3.18. The third-order valence-corrected chi connectivity index (χ3v) is 3.96. The van der Waals surface area contributed by atoms with Crippen LogP contribution in [0.15, 0.2) is 36.4 Å². The van der Waals surface area contributed by atoms with E-state index in [0.717, 1.165) is 22.3 Å². The molecule has 4 nitrogen and oxygen atoms in total. The van der Waals surface area contributed by atoms with Gasteiger partial charge in [-0.15, -0.1) is 0 Å². The van der Waals surface area contributed by atoms with Crippen LogP contribution in [-0.4, -0.2) is 25.3 Å². The summed E-state index contributed by atoms with van der Waals surface area (Å²) >= 11 is 0. The number of ether oxygens (including phenoxy) is 2. The highest BCUT2D eigenvalue weighted by Gasteiger charge is 2.30. The van der Waals surface area contributed by atoms with Crippen LogP contribution in [0.25, 0.3) is 11.1 Å². The second-order valence-corrected chi connectivity index (χ2v) is 5.05. The summed E-state index contributed by atoms with van der Waals surface area (Å²) in [5.74, 6) is -0.0470. The van der Waals surface area contributed by atoms with Crippen LogP contribution in [0.1, 0.15) is 17.0 Å². The zero-order valence-electron chi connectivity index (χ0n) is 11.9. The Morgan fingerprint density at radius 2 is 1.76 bits per heavy atom. The van der Waals surface area contributed by atoms with Crippen LogP contribution in [0.5, 0.6) is 11.5 Å². The maximum atomic E-state index is 11.5. The van der Waals surface area contributed by atoms with Gasteiger partial charge in [-0.05, 0) is 40.8 Å². The number of aliphatic carboxylic acids is 1. The Balaban J connectivity index is 2.24. The third-order valence-electron chi connectivity index (χ3n) is 3.96. The summed E-state index contributed by atoms with van der Waals surface area (Å²) in [4.78, 5) is 11.5. The number of carbonyl (C=O) groups is 1. The first kappa shape index (κ1) is 13.5. The largest absolute Gasteiger partial charge is 0.493 e. The van der Waals surface area contributed by atoms with Crippen molar-refractivity contribution in [1.29, 1.82) is 0 Å². The lowest BCUT2D eigenvalue weighted by molar-refractivity contribution is -0.138. The molecule has 21 heavy (non-hydrogen) atoms. The van der Waals surface area contributed by atoms with Crippen molar-refractivity contribution in [2.24, 2.45) is 0 Å². The van der Waals surface area contributed by atoms with E-state index in [1.54, 1.807) is 14.2 Å². The molecule has 1 N–H and O–H groups in total. The van der Waals surface area contributed by atoms with Crippen LogP contribution < -0.4 is 9.47 Å². The molecule has 0 heterocycles. The normalized spacial score (nSPS) is 15.8. The third kappa shape index (κ3) is 2.13. The highest BCUT2D eigenvalue weighted by Crippen LogP contribution is 2.44. The van der Waals surface area contributed by atoms with Crippen LogP contribution >= 0.6 is 0 Å². The number of carboxylic acid groups (broad SMARTS) is 1. The maximum absolute atomic E-state index is 11.5. The highest BCUT2D eigenvalue weighted by atomic mass is 16.5. The fourth-order valence-corrected chi connectivity index (χ4v) is 2.94. The predicted molar refractivity (Wildman–Crippen MR) is 79.1 cm³/mol. The maximum Gasteiger partial charge on any atom is 0.311 e. The van der Waals surface area contributed by atoms with E-state index in [0.29, 0.717) is 17.9 Å². The Morgan fingerprint density at radius 3 is 2.43 bits per heavy atom. The van der Waals surface area contributed by atoms with Crippen molar-refractivity contribution in [2.45, 2.75) is 12.3 Å². The zero-order valence-corrected chi connectivity index (χ0v) is 11.9. The van der Waals surface area contributed by atoms with E-state index in [4.69, 9.17) is 9.47 Å². The van der Waals surface area contributed by atoms with Crippen LogP contribution in [0.2, 0.25) is 0 Å². The number of fused-ring (bicyclic) bond motifs is 3. The van der Waals surface area contributed by atoms with Crippen molar-refractivity contribution in [3.05, 3.63) is 47.5 Å². The molecule has 0 unspecified atom stereocenters. The Kier molecular flexibility index (Phi) is 3.29. The smallest absolute Gasteiger partial charge is 0.311 e. The monoisotopic (exact) mass is 284 g/mol. The number of benzene rings is 2. The first-order valence-corrected chi connectivity index (χ1v) is 6.72. The quantitative estimate of drug-likeness (QED) is 0.941. The molecular weight excluding hydrogens is 268 g/mol. The van der Waals surface area contributed by atoms with Gasteiger partial charge in [-0.1, -0.05) is 24.3 Å². The van der Waals surface area contributed by atoms with E-state index in [9.17, 15) is 9.90 Å². The van der Waals surface area contributed by atoms with Gasteiger partial charge < -0.3 is 14.6 Å². The summed E-state index contributed by atoms with van der Waals surface area (Å²) in [6.45, 7) is 0. The Bertz CT molecular complexity index is 706. The van der Waals surface area contributed by atoms with Crippen LogP contribution in [0.4, 0.5) is 0 Å². The fourth-order valence-electron chi connectivity index (χ4n) is 2.94. The molecule has 0 radical (unpaired) electrons. The van der Waals surface area contributed by atoms with Crippen LogP contribution in [0.3, 0.4) is 0 Å². The topological polar surface area (TPSA) is 55.8 Å². The van der Waals surface area contributed by atoms with Crippen molar-refractivity contribution in [3.8, 4) is 22.6 Å². The molecule has 0 amide bonds. The molecule has 2 aromatic carbocycles. The van der Waals surface area contributed by atoms with Crippen molar-refractivity contribution < 1.29 is 19.4 Å². The molecule has 0 saturated heterocycles. The number of rotatable bonds is 3. The van der Waals surface area contributed by atoms with Gasteiger partial charge in [0.15, 0.2) is 11.5 Å². The number of hydrogen-bond donors (Lipinski definition) is 1. The lowest BCUT2D eigenvalue weighted by Gasteiger charge is -2.26. The Morgan fingerprint density at radius 1 is 1.10 bits per heavy atom. The Labute approximate surface area is 122 Å². The first-order chi connectivity index (χ1) is 10.2. The summed E-state index contributed by atoms with van der Waals surface area (Å²) in [5.41, 5.74) is 3.79. The van der Waals surface area contributed by atoms with E-state index in [1.807, 2.05) is 36.4 Å². The number of carboxylic acids is 1. The first-order valence-electron chi connectivity index (χ1n) is 6.72. The van der Waals surface area contributed by atoms with Gasteiger partial charge in [-0.25, -0.2) is 0 Å². The second-order valence-electron chi connectivity index (χ2n) is 5.05. The van der Waals surface area contributed by atoms with Gasteiger partial charge in [0.2, 0.25) is 0 Å². The molecule has 4 heteroatoms. The lowest BCUT2D eigenvalue weighted by atomic mass is 9.78. The van der Waals surface area contributed by atoms with Gasteiger partial charge in [-0.2, -0.15) is 0 Å². The second kappa shape index (κ2) is 5.13. The molecule has 1 aliphatic rings. The van der Waals surface area contributed by atoms with Crippen LogP contribution in [-0.2, 0) is 11.2 Å². The number of methoxy groups -OCH3 is 2. The summed E-state index contributed by atoms with van der Waals surface area (Å²) in [5, 5.41) is 9.48. The minimum Gasteiger partial charge on any atom is -0.493 e. The molecule has 0 aromatic heterocycles. The van der Waals surface area contributed by atoms with Gasteiger partial charge in [0, 0.05) is 0 Å². The molecule has 0 spiro atoms. The molecule has 108 valence electrons. The number of hydrogen-bond acceptors (Lipinski definition) is 3. The highest BCUT2D eigenvalue weighted by molar-refractivity contribution is 5.86. The molecule has 1 atom stereocenters. The van der Waals surface area contributed by atoms with Gasteiger partial charge in [0.25, 0.3) is 0 Å². The Hall–Kier alpha value is -2.49. The van der Waals surface area contributed by atoms with Gasteiger partial charge in [-0.3, -0.25) is 4.79 Å². The zero-order chi connectivity index (χ0) is 15.0. The minimum atomic E-state index is -0.803. The average Bonchev–Trinajstić information content (AvgIpc) is 2.52. The molecule has 2 aromatic rings. The van der Waals surface area contributed by atoms with Crippen molar-refractivity contribution in [2.75, 3.05) is 14.2 Å². The van der Waals surface area contributed by atoms with E-state index in [2.05, 4.69) is 0 Å².